The van der Waals surface area contributed by atoms with E-state index in [0.29, 0.717) is 36.2 Å². The number of fused-ring (bicyclic) bond motifs is 1. The molecule has 1 unspecified atom stereocenters. The number of hydrogen-bond acceptors (Lipinski definition) is 5. The molecule has 1 saturated heterocycles. The van der Waals surface area contributed by atoms with Gasteiger partial charge in [-0.15, -0.1) is 10.2 Å². The lowest BCUT2D eigenvalue weighted by molar-refractivity contribution is 0.0726. The second-order valence-electron chi connectivity index (χ2n) is 6.37. The normalized spacial score (nSPS) is 17.5. The van der Waals surface area contributed by atoms with Crippen LogP contribution in [0.15, 0.2) is 48.7 Å². The first-order valence-electron chi connectivity index (χ1n) is 8.53. The highest BCUT2D eigenvalue weighted by Gasteiger charge is 2.29. The van der Waals surface area contributed by atoms with Crippen LogP contribution in [-0.2, 0) is 0 Å². The summed E-state index contributed by atoms with van der Waals surface area (Å²) in [7, 11) is 0. The first kappa shape index (κ1) is 16.7. The zero-order chi connectivity index (χ0) is 18.1. The van der Waals surface area contributed by atoms with Gasteiger partial charge in [0, 0.05) is 42.8 Å². The number of carbonyl (C=O) groups is 1. The molecule has 7 heteroatoms. The molecular weight excluding hydrogens is 350 g/mol. The summed E-state index contributed by atoms with van der Waals surface area (Å²) in [5, 5.41) is 9.49. The van der Waals surface area contributed by atoms with Crippen molar-refractivity contribution in [1.82, 2.24) is 20.1 Å². The Morgan fingerprint density at radius 3 is 2.69 bits per heavy atom. The molecule has 3 aromatic rings. The fraction of sp³-hybridized carbons (Fsp3) is 0.263. The fourth-order valence-electron chi connectivity index (χ4n) is 3.36. The highest BCUT2D eigenvalue weighted by atomic mass is 35.5. The average Bonchev–Trinajstić information content (AvgIpc) is 2.69. The summed E-state index contributed by atoms with van der Waals surface area (Å²) in [6.45, 7) is 3.99. The van der Waals surface area contributed by atoms with Gasteiger partial charge in [-0.05, 0) is 31.2 Å². The molecule has 1 aliphatic rings. The van der Waals surface area contributed by atoms with Gasteiger partial charge in [0.25, 0.3) is 5.91 Å². The van der Waals surface area contributed by atoms with Crippen LogP contribution in [0.1, 0.15) is 17.3 Å². The third-order valence-electron chi connectivity index (χ3n) is 4.68. The van der Waals surface area contributed by atoms with Gasteiger partial charge in [0.1, 0.15) is 5.52 Å². The third kappa shape index (κ3) is 2.97. The van der Waals surface area contributed by atoms with Crippen LogP contribution in [0.5, 0.6) is 0 Å². The standard InChI is InChI=1S/C19H18ClN5O/c1-13-12-24(19(26)14-6-3-2-4-7-14)10-11-25(13)18-16-15(8-5-9-21-16)17(20)22-23-18/h2-9,13H,10-12H2,1H3. The van der Waals surface area contributed by atoms with Crippen LogP contribution in [0.3, 0.4) is 0 Å². The van der Waals surface area contributed by atoms with E-state index in [4.69, 9.17) is 11.6 Å². The number of rotatable bonds is 2. The Balaban J connectivity index is 1.59. The second-order valence-corrected chi connectivity index (χ2v) is 6.73. The molecule has 0 radical (unpaired) electrons. The predicted molar refractivity (Wildman–Crippen MR) is 101 cm³/mol. The Hall–Kier alpha value is -2.73. The van der Waals surface area contributed by atoms with E-state index in [1.807, 2.05) is 47.4 Å². The summed E-state index contributed by atoms with van der Waals surface area (Å²) in [6.07, 6.45) is 1.73. The maximum absolute atomic E-state index is 12.7. The van der Waals surface area contributed by atoms with Gasteiger partial charge in [-0.2, -0.15) is 0 Å². The van der Waals surface area contributed by atoms with Crippen LogP contribution in [0.4, 0.5) is 5.82 Å². The van der Waals surface area contributed by atoms with E-state index in [0.717, 1.165) is 10.9 Å². The van der Waals surface area contributed by atoms with E-state index < -0.39 is 0 Å². The van der Waals surface area contributed by atoms with Gasteiger partial charge in [-0.25, -0.2) is 0 Å². The summed E-state index contributed by atoms with van der Waals surface area (Å²) in [4.78, 5) is 21.2. The van der Waals surface area contributed by atoms with E-state index in [-0.39, 0.29) is 11.9 Å². The number of anilines is 1. The quantitative estimate of drug-likeness (QED) is 0.696. The van der Waals surface area contributed by atoms with Crippen molar-refractivity contribution in [3.05, 3.63) is 59.4 Å². The van der Waals surface area contributed by atoms with Crippen LogP contribution in [-0.4, -0.2) is 51.7 Å². The molecule has 1 fully saturated rings. The topological polar surface area (TPSA) is 62.2 Å². The number of nitrogens with zero attached hydrogens (tertiary/aromatic N) is 5. The highest BCUT2D eigenvalue weighted by Crippen LogP contribution is 2.28. The molecule has 1 atom stereocenters. The molecule has 4 rings (SSSR count). The molecule has 0 saturated carbocycles. The summed E-state index contributed by atoms with van der Waals surface area (Å²) < 4.78 is 0. The molecule has 6 nitrogen and oxygen atoms in total. The van der Waals surface area contributed by atoms with Crippen molar-refractivity contribution in [3.63, 3.8) is 0 Å². The minimum atomic E-state index is 0.0577. The minimum absolute atomic E-state index is 0.0577. The number of amides is 1. The van der Waals surface area contributed by atoms with Gasteiger partial charge in [-0.3, -0.25) is 9.78 Å². The molecule has 0 bridgehead atoms. The van der Waals surface area contributed by atoms with Crippen molar-refractivity contribution < 1.29 is 4.79 Å². The monoisotopic (exact) mass is 367 g/mol. The number of piperazine rings is 1. The number of halogens is 1. The number of pyridine rings is 1. The van der Waals surface area contributed by atoms with Gasteiger partial charge < -0.3 is 9.80 Å². The Kier molecular flexibility index (Phi) is 4.42. The maximum atomic E-state index is 12.7. The van der Waals surface area contributed by atoms with E-state index in [2.05, 4.69) is 27.0 Å². The molecule has 132 valence electrons. The molecular formula is C19H18ClN5O. The largest absolute Gasteiger partial charge is 0.347 e. The molecule has 1 aromatic carbocycles. The third-order valence-corrected chi connectivity index (χ3v) is 4.96. The molecule has 26 heavy (non-hydrogen) atoms. The fourth-order valence-corrected chi connectivity index (χ4v) is 3.55. The van der Waals surface area contributed by atoms with Gasteiger partial charge >= 0.3 is 0 Å². The Morgan fingerprint density at radius 1 is 1.12 bits per heavy atom. The van der Waals surface area contributed by atoms with Crippen LogP contribution < -0.4 is 4.90 Å². The van der Waals surface area contributed by atoms with E-state index in [1.54, 1.807) is 6.20 Å². The van der Waals surface area contributed by atoms with Crippen LogP contribution in [0, 0.1) is 0 Å². The van der Waals surface area contributed by atoms with Crippen molar-refractivity contribution >= 4 is 34.2 Å². The van der Waals surface area contributed by atoms with E-state index in [9.17, 15) is 4.79 Å². The van der Waals surface area contributed by atoms with Crippen LogP contribution in [0.25, 0.3) is 10.9 Å². The minimum Gasteiger partial charge on any atom is -0.347 e. The number of aromatic nitrogens is 3. The van der Waals surface area contributed by atoms with Crippen molar-refractivity contribution in [3.8, 4) is 0 Å². The summed E-state index contributed by atoms with van der Waals surface area (Å²) in [5.74, 6) is 0.770. The Morgan fingerprint density at radius 2 is 1.92 bits per heavy atom. The Labute approximate surface area is 156 Å². The van der Waals surface area contributed by atoms with Crippen LogP contribution >= 0.6 is 11.6 Å². The lowest BCUT2D eigenvalue weighted by Crippen LogP contribution is -2.54. The molecule has 1 aliphatic heterocycles. The van der Waals surface area contributed by atoms with Gasteiger partial charge in [0.2, 0.25) is 0 Å². The van der Waals surface area contributed by atoms with Gasteiger partial charge in [-0.1, -0.05) is 29.8 Å². The number of hydrogen-bond donors (Lipinski definition) is 0. The molecule has 0 N–H and O–H groups in total. The molecule has 2 aromatic heterocycles. The van der Waals surface area contributed by atoms with Crippen LogP contribution in [0.2, 0.25) is 5.15 Å². The maximum Gasteiger partial charge on any atom is 0.253 e. The highest BCUT2D eigenvalue weighted by molar-refractivity contribution is 6.34. The van der Waals surface area contributed by atoms with Gasteiger partial charge in [0.05, 0.1) is 0 Å². The first-order chi connectivity index (χ1) is 12.6. The molecule has 0 aliphatic carbocycles. The zero-order valence-corrected chi connectivity index (χ0v) is 15.1. The summed E-state index contributed by atoms with van der Waals surface area (Å²) in [6, 6.07) is 13.2. The summed E-state index contributed by atoms with van der Waals surface area (Å²) in [5.41, 5.74) is 1.45. The predicted octanol–water partition coefficient (Wildman–Crippen LogP) is 3.03. The van der Waals surface area contributed by atoms with E-state index in [1.165, 1.54) is 0 Å². The molecule has 1 amide bonds. The van der Waals surface area contributed by atoms with Crippen molar-refractivity contribution in [2.24, 2.45) is 0 Å². The number of carbonyl (C=O) groups excluding carboxylic acids is 1. The van der Waals surface area contributed by atoms with Crippen molar-refractivity contribution in [2.45, 2.75) is 13.0 Å². The molecule has 0 spiro atoms. The van der Waals surface area contributed by atoms with Gasteiger partial charge in [0.15, 0.2) is 11.0 Å². The lowest BCUT2D eigenvalue weighted by Gasteiger charge is -2.40. The SMILES string of the molecule is CC1CN(C(=O)c2ccccc2)CCN1c1nnc(Cl)c2cccnc12. The second kappa shape index (κ2) is 6.88. The summed E-state index contributed by atoms with van der Waals surface area (Å²) >= 11 is 6.15. The smallest absolute Gasteiger partial charge is 0.253 e. The lowest BCUT2D eigenvalue weighted by atomic mass is 10.1. The molecule has 3 heterocycles. The van der Waals surface area contributed by atoms with Crippen molar-refractivity contribution in [1.29, 1.82) is 0 Å². The zero-order valence-electron chi connectivity index (χ0n) is 14.3. The van der Waals surface area contributed by atoms with Crippen molar-refractivity contribution in [2.75, 3.05) is 24.5 Å². The first-order valence-corrected chi connectivity index (χ1v) is 8.91. The van der Waals surface area contributed by atoms with E-state index >= 15 is 0 Å². The number of benzene rings is 1. The Bertz CT molecular complexity index is 949. The average molecular weight is 368 g/mol.